The van der Waals surface area contributed by atoms with E-state index in [2.05, 4.69) is 5.32 Å². The van der Waals surface area contributed by atoms with E-state index in [1.807, 2.05) is 13.0 Å². The van der Waals surface area contributed by atoms with Crippen molar-refractivity contribution in [1.82, 2.24) is 0 Å². The zero-order valence-corrected chi connectivity index (χ0v) is 19.1. The lowest BCUT2D eigenvalue weighted by atomic mass is 10.1. The molecule has 0 aliphatic heterocycles. The first-order valence-corrected chi connectivity index (χ1v) is 10.7. The minimum atomic E-state index is -0.639. The summed E-state index contributed by atoms with van der Waals surface area (Å²) in [7, 11) is 0. The van der Waals surface area contributed by atoms with Crippen molar-refractivity contribution in [3.8, 4) is 17.6 Å². The molecule has 0 heterocycles. The third-order valence-electron chi connectivity index (χ3n) is 4.48. The summed E-state index contributed by atoms with van der Waals surface area (Å²) in [6.07, 6.45) is 1.41. The van der Waals surface area contributed by atoms with Crippen LogP contribution < -0.4 is 14.8 Å². The Hall–Kier alpha value is -3.53. The molecule has 3 aromatic carbocycles. The van der Waals surface area contributed by atoms with E-state index in [-0.39, 0.29) is 28.0 Å². The number of carbonyl (C=O) groups is 1. The Labute approximate surface area is 201 Å². The van der Waals surface area contributed by atoms with Gasteiger partial charge < -0.3 is 14.8 Å². The smallest absolute Gasteiger partial charge is 0.266 e. The second-order valence-electron chi connectivity index (χ2n) is 6.74. The highest BCUT2D eigenvalue weighted by atomic mass is 35.5. The number of rotatable bonds is 8. The van der Waals surface area contributed by atoms with E-state index in [1.54, 1.807) is 54.6 Å². The third-order valence-corrected chi connectivity index (χ3v) is 5.30. The molecule has 0 atom stereocenters. The van der Waals surface area contributed by atoms with Crippen molar-refractivity contribution >= 4 is 40.9 Å². The predicted molar refractivity (Wildman–Crippen MR) is 127 cm³/mol. The molecule has 8 heteroatoms. The van der Waals surface area contributed by atoms with Gasteiger partial charge in [-0.25, -0.2) is 4.39 Å². The fourth-order valence-electron chi connectivity index (χ4n) is 2.88. The van der Waals surface area contributed by atoms with Crippen molar-refractivity contribution in [2.45, 2.75) is 13.5 Å². The summed E-state index contributed by atoms with van der Waals surface area (Å²) in [5, 5.41) is 12.5. The standard InChI is InChI=1S/C25H19Cl2FN2O3/c1-2-32-23-13-16(10-11-22(23)33-15-17-6-3-4-8-20(17)28)12-18(14-29)25(31)30-21-9-5-7-19(26)24(21)27/h3-13H,2,15H2,1H3,(H,30,31)/b18-12-. The number of ether oxygens (including phenoxy) is 2. The number of carbonyl (C=O) groups excluding carboxylic acids is 1. The van der Waals surface area contributed by atoms with Gasteiger partial charge in [-0.2, -0.15) is 5.26 Å². The van der Waals surface area contributed by atoms with Gasteiger partial charge in [-0.1, -0.05) is 53.5 Å². The topological polar surface area (TPSA) is 71.3 Å². The van der Waals surface area contributed by atoms with Crippen molar-refractivity contribution in [3.05, 3.63) is 93.2 Å². The Kier molecular flexibility index (Phi) is 8.31. The number of halogens is 3. The van der Waals surface area contributed by atoms with Gasteiger partial charge >= 0.3 is 0 Å². The molecule has 33 heavy (non-hydrogen) atoms. The number of benzene rings is 3. The molecule has 0 aliphatic rings. The van der Waals surface area contributed by atoms with Gasteiger partial charge in [0, 0.05) is 5.56 Å². The average Bonchev–Trinajstić information content (AvgIpc) is 2.81. The molecule has 0 fully saturated rings. The van der Waals surface area contributed by atoms with E-state index in [9.17, 15) is 14.4 Å². The molecule has 168 valence electrons. The Morgan fingerprint density at radius 2 is 1.88 bits per heavy atom. The molecule has 0 bridgehead atoms. The highest BCUT2D eigenvalue weighted by molar-refractivity contribution is 6.44. The Bertz CT molecular complexity index is 1240. The zero-order chi connectivity index (χ0) is 23.8. The Morgan fingerprint density at radius 3 is 2.61 bits per heavy atom. The van der Waals surface area contributed by atoms with Crippen LogP contribution in [0.15, 0.2) is 66.2 Å². The summed E-state index contributed by atoms with van der Waals surface area (Å²) in [5.74, 6) is -0.192. The van der Waals surface area contributed by atoms with Gasteiger partial charge in [-0.15, -0.1) is 0 Å². The summed E-state index contributed by atoms with van der Waals surface area (Å²) >= 11 is 12.1. The number of hydrogen-bond donors (Lipinski definition) is 1. The molecule has 0 radical (unpaired) electrons. The fraction of sp³-hybridized carbons (Fsp3) is 0.120. The van der Waals surface area contributed by atoms with Crippen molar-refractivity contribution in [2.75, 3.05) is 11.9 Å². The van der Waals surface area contributed by atoms with E-state index in [4.69, 9.17) is 32.7 Å². The predicted octanol–water partition coefficient (Wildman–Crippen LogP) is 6.66. The lowest BCUT2D eigenvalue weighted by Crippen LogP contribution is -2.13. The van der Waals surface area contributed by atoms with Gasteiger partial charge in [-0.3, -0.25) is 4.79 Å². The molecule has 1 N–H and O–H groups in total. The van der Waals surface area contributed by atoms with Gasteiger partial charge in [0.15, 0.2) is 11.5 Å². The van der Waals surface area contributed by atoms with Crippen LogP contribution in [0.5, 0.6) is 11.5 Å². The molecule has 3 aromatic rings. The zero-order valence-electron chi connectivity index (χ0n) is 17.6. The van der Waals surface area contributed by atoms with Gasteiger partial charge in [0.05, 0.1) is 22.3 Å². The minimum Gasteiger partial charge on any atom is -0.490 e. The summed E-state index contributed by atoms with van der Waals surface area (Å²) in [5.41, 5.74) is 1.10. The van der Waals surface area contributed by atoms with Gasteiger partial charge in [0.1, 0.15) is 24.1 Å². The van der Waals surface area contributed by atoms with Crippen molar-refractivity contribution in [3.63, 3.8) is 0 Å². The Balaban J connectivity index is 1.81. The van der Waals surface area contributed by atoms with Crippen LogP contribution in [0, 0.1) is 17.1 Å². The molecular formula is C25H19Cl2FN2O3. The average molecular weight is 485 g/mol. The minimum absolute atomic E-state index is 0.0220. The first-order chi connectivity index (χ1) is 15.9. The number of amides is 1. The summed E-state index contributed by atoms with van der Waals surface area (Å²) in [4.78, 5) is 12.6. The maximum Gasteiger partial charge on any atom is 0.266 e. The van der Waals surface area contributed by atoms with Crippen LogP contribution in [0.1, 0.15) is 18.1 Å². The highest BCUT2D eigenvalue weighted by Crippen LogP contribution is 2.31. The highest BCUT2D eigenvalue weighted by Gasteiger charge is 2.14. The van der Waals surface area contributed by atoms with Crippen LogP contribution in [0.4, 0.5) is 10.1 Å². The van der Waals surface area contributed by atoms with Crippen molar-refractivity contribution < 1.29 is 18.7 Å². The van der Waals surface area contributed by atoms with Crippen molar-refractivity contribution in [1.29, 1.82) is 5.26 Å². The van der Waals surface area contributed by atoms with Gasteiger partial charge in [0.25, 0.3) is 5.91 Å². The van der Waals surface area contributed by atoms with Crippen LogP contribution in [0.25, 0.3) is 6.08 Å². The number of nitrogens with one attached hydrogen (secondary N) is 1. The third kappa shape index (κ3) is 6.26. The lowest BCUT2D eigenvalue weighted by molar-refractivity contribution is -0.112. The summed E-state index contributed by atoms with van der Waals surface area (Å²) < 4.78 is 25.2. The molecule has 5 nitrogen and oxygen atoms in total. The second kappa shape index (κ2) is 11.4. The number of nitrogens with zero attached hydrogens (tertiary/aromatic N) is 1. The molecule has 1 amide bonds. The summed E-state index contributed by atoms with van der Waals surface area (Å²) in [6.45, 7) is 2.20. The van der Waals surface area contributed by atoms with Gasteiger partial charge in [-0.05, 0) is 48.9 Å². The van der Waals surface area contributed by atoms with E-state index in [0.717, 1.165) is 0 Å². The normalized spacial score (nSPS) is 10.9. The van der Waals surface area contributed by atoms with Crippen LogP contribution in [-0.4, -0.2) is 12.5 Å². The van der Waals surface area contributed by atoms with Crippen LogP contribution >= 0.6 is 23.2 Å². The first-order valence-electron chi connectivity index (χ1n) is 9.93. The van der Waals surface area contributed by atoms with Crippen LogP contribution in [0.2, 0.25) is 10.0 Å². The quantitative estimate of drug-likeness (QED) is 0.286. The van der Waals surface area contributed by atoms with Crippen LogP contribution in [0.3, 0.4) is 0 Å². The van der Waals surface area contributed by atoms with E-state index < -0.39 is 5.91 Å². The molecule has 0 saturated heterocycles. The molecule has 0 aliphatic carbocycles. The first kappa shape index (κ1) is 24.1. The maximum atomic E-state index is 13.9. The van der Waals surface area contributed by atoms with E-state index >= 15 is 0 Å². The second-order valence-corrected chi connectivity index (χ2v) is 7.53. The van der Waals surface area contributed by atoms with Crippen LogP contribution in [-0.2, 0) is 11.4 Å². The van der Waals surface area contributed by atoms with E-state index in [0.29, 0.717) is 34.9 Å². The SMILES string of the molecule is CCOc1cc(/C=C(/C#N)C(=O)Nc2cccc(Cl)c2Cl)ccc1OCc1ccccc1F. The number of nitriles is 1. The summed E-state index contributed by atoms with van der Waals surface area (Å²) in [6, 6.07) is 18.0. The maximum absolute atomic E-state index is 13.9. The molecule has 0 aromatic heterocycles. The van der Waals surface area contributed by atoms with Gasteiger partial charge in [0.2, 0.25) is 0 Å². The molecule has 0 unspecified atom stereocenters. The fourth-order valence-corrected chi connectivity index (χ4v) is 3.23. The number of hydrogen-bond acceptors (Lipinski definition) is 4. The van der Waals surface area contributed by atoms with Crippen molar-refractivity contribution in [2.24, 2.45) is 0 Å². The number of anilines is 1. The monoisotopic (exact) mass is 484 g/mol. The largest absolute Gasteiger partial charge is 0.490 e. The Morgan fingerprint density at radius 1 is 1.09 bits per heavy atom. The molecule has 0 saturated carbocycles. The lowest BCUT2D eigenvalue weighted by Gasteiger charge is -2.13. The molecular weight excluding hydrogens is 466 g/mol. The van der Waals surface area contributed by atoms with E-state index in [1.165, 1.54) is 12.1 Å². The molecule has 3 rings (SSSR count). The molecule has 0 spiro atoms.